The van der Waals surface area contributed by atoms with E-state index in [9.17, 15) is 0 Å². The number of hydrogen-bond acceptors (Lipinski definition) is 7. The molecule has 2 aromatic rings. The Morgan fingerprint density at radius 3 is 1.51 bits per heavy atom. The zero-order chi connectivity index (χ0) is 29.8. The van der Waals surface area contributed by atoms with E-state index in [0.29, 0.717) is 5.39 Å². The van der Waals surface area contributed by atoms with Gasteiger partial charge in [-0.1, -0.05) is 127 Å². The molecule has 0 atom stereocenters. The highest BCUT2D eigenvalue weighted by atomic mass is 17.2. The summed E-state index contributed by atoms with van der Waals surface area (Å²) < 4.78 is 0. The third-order valence-corrected chi connectivity index (χ3v) is 7.08. The van der Waals surface area contributed by atoms with Crippen LogP contribution in [0.4, 0.5) is 0 Å². The summed E-state index contributed by atoms with van der Waals surface area (Å²) in [7, 11) is 0. The number of aliphatic hydroxyl groups is 3. The van der Waals surface area contributed by atoms with E-state index in [4.69, 9.17) is 29.8 Å². The SMILES string of the molecule is CCCCCCCCCc1ccc2ccccc2c1CCCCCCCCC.OCCON(OCCO)OCCO. The molecule has 0 saturated heterocycles. The van der Waals surface area contributed by atoms with Crippen molar-refractivity contribution in [2.75, 3.05) is 39.6 Å². The topological polar surface area (TPSA) is 91.6 Å². The average molecular weight is 578 g/mol. The van der Waals surface area contributed by atoms with Crippen molar-refractivity contribution in [3.63, 3.8) is 0 Å². The fourth-order valence-corrected chi connectivity index (χ4v) is 4.90. The summed E-state index contributed by atoms with van der Waals surface area (Å²) in [4.78, 5) is 14.1. The van der Waals surface area contributed by atoms with Gasteiger partial charge in [-0.3, -0.25) is 0 Å². The smallest absolute Gasteiger partial charge is 0.0967 e. The van der Waals surface area contributed by atoms with Crippen LogP contribution in [-0.4, -0.2) is 60.4 Å². The quantitative estimate of drug-likeness (QED) is 0.0832. The van der Waals surface area contributed by atoms with Crippen LogP contribution in [0.15, 0.2) is 36.4 Å². The number of aryl methyl sites for hydroxylation is 2. The van der Waals surface area contributed by atoms with Gasteiger partial charge in [-0.2, -0.15) is 0 Å². The van der Waals surface area contributed by atoms with Gasteiger partial charge in [-0.05, 0) is 47.6 Å². The standard InChI is InChI=1S/C28H44.C6H15NO6/c1-3-5-7-9-11-13-15-19-25-23-24-26-20-17-18-22-28(26)27(25)21-16-14-12-10-8-6-4-2;8-1-4-11-7(12-5-2-9)13-6-3-10/h17-18,20,22-24H,3-16,19,21H2,1-2H3;8-10H,1-6H2. The van der Waals surface area contributed by atoms with Crippen LogP contribution in [-0.2, 0) is 27.4 Å². The molecule has 2 aromatic carbocycles. The fourth-order valence-electron chi connectivity index (χ4n) is 4.90. The van der Waals surface area contributed by atoms with Gasteiger partial charge in [0.25, 0.3) is 0 Å². The average Bonchev–Trinajstić information content (AvgIpc) is 3.00. The Bertz CT molecular complexity index is 830. The first-order valence-corrected chi connectivity index (χ1v) is 16.2. The number of aliphatic hydroxyl groups excluding tert-OH is 3. The number of benzene rings is 2. The molecular weight excluding hydrogens is 518 g/mol. The summed E-state index contributed by atoms with van der Waals surface area (Å²) in [5.74, 6) is 0. The number of fused-ring (bicyclic) bond motifs is 1. The molecule has 0 heterocycles. The number of nitrogens with zero attached hydrogens (tertiary/aromatic N) is 1. The first kappa shape index (κ1) is 37.4. The van der Waals surface area contributed by atoms with Crippen LogP contribution >= 0.6 is 0 Å². The van der Waals surface area contributed by atoms with Crippen molar-refractivity contribution in [2.24, 2.45) is 0 Å². The summed E-state index contributed by atoms with van der Waals surface area (Å²) in [5.41, 5.74) is 3.27. The maximum absolute atomic E-state index is 8.40. The van der Waals surface area contributed by atoms with Gasteiger partial charge in [-0.15, -0.1) is 0 Å². The van der Waals surface area contributed by atoms with Crippen molar-refractivity contribution in [2.45, 2.75) is 117 Å². The number of hydrogen-bond donors (Lipinski definition) is 3. The van der Waals surface area contributed by atoms with Crippen molar-refractivity contribution in [3.05, 3.63) is 47.5 Å². The molecule has 236 valence electrons. The maximum Gasteiger partial charge on any atom is 0.0967 e. The first-order chi connectivity index (χ1) is 20.2. The third-order valence-electron chi connectivity index (χ3n) is 7.08. The molecule has 7 heteroatoms. The Kier molecular flexibility index (Phi) is 24.9. The lowest BCUT2D eigenvalue weighted by Gasteiger charge is -2.17. The van der Waals surface area contributed by atoms with Crippen LogP contribution in [0.25, 0.3) is 10.8 Å². The second kappa shape index (κ2) is 27.3. The highest BCUT2D eigenvalue weighted by Gasteiger charge is 2.08. The van der Waals surface area contributed by atoms with E-state index < -0.39 is 0 Å². The Balaban J connectivity index is 0.000000545. The Morgan fingerprint density at radius 2 is 1.00 bits per heavy atom. The molecule has 0 radical (unpaired) electrons. The zero-order valence-electron chi connectivity index (χ0n) is 26.0. The van der Waals surface area contributed by atoms with Crippen LogP contribution in [0, 0.1) is 0 Å². The maximum atomic E-state index is 8.40. The van der Waals surface area contributed by atoms with Gasteiger partial charge in [0.1, 0.15) is 0 Å². The molecule has 2 rings (SSSR count). The molecule has 0 aliphatic carbocycles. The van der Waals surface area contributed by atoms with Gasteiger partial charge in [0.15, 0.2) is 0 Å². The molecule has 0 bridgehead atoms. The lowest BCUT2D eigenvalue weighted by atomic mass is 9.91. The second-order valence-electron chi connectivity index (χ2n) is 10.6. The summed E-state index contributed by atoms with van der Waals surface area (Å²) in [6, 6.07) is 13.8. The van der Waals surface area contributed by atoms with Crippen LogP contribution in [0.2, 0.25) is 0 Å². The van der Waals surface area contributed by atoms with E-state index in [1.165, 1.54) is 114 Å². The minimum atomic E-state index is -0.179. The van der Waals surface area contributed by atoms with E-state index in [2.05, 4.69) is 50.2 Å². The van der Waals surface area contributed by atoms with Crippen LogP contribution in [0.3, 0.4) is 0 Å². The molecule has 3 N–H and O–H groups in total. The van der Waals surface area contributed by atoms with Crippen molar-refractivity contribution in [1.29, 1.82) is 0 Å². The summed E-state index contributed by atoms with van der Waals surface area (Å²) in [6.07, 6.45) is 22.1. The highest BCUT2D eigenvalue weighted by molar-refractivity contribution is 5.86. The molecule has 0 saturated carbocycles. The molecular formula is C34H59NO6. The summed E-state index contributed by atoms with van der Waals surface area (Å²) >= 11 is 0. The lowest BCUT2D eigenvalue weighted by molar-refractivity contribution is -0.527. The monoisotopic (exact) mass is 577 g/mol. The highest BCUT2D eigenvalue weighted by Crippen LogP contribution is 2.26. The first-order valence-electron chi connectivity index (χ1n) is 16.2. The second-order valence-corrected chi connectivity index (χ2v) is 10.6. The van der Waals surface area contributed by atoms with Crippen molar-refractivity contribution < 1.29 is 29.8 Å². The molecule has 0 fully saturated rings. The predicted molar refractivity (Wildman–Crippen MR) is 168 cm³/mol. The predicted octanol–water partition coefficient (Wildman–Crippen LogP) is 7.49. The Hall–Kier alpha value is -1.58. The van der Waals surface area contributed by atoms with Crippen molar-refractivity contribution in [3.8, 4) is 0 Å². The number of unbranched alkanes of at least 4 members (excludes halogenated alkanes) is 12. The van der Waals surface area contributed by atoms with Gasteiger partial charge in [-0.25, -0.2) is 14.5 Å². The molecule has 0 aromatic heterocycles. The zero-order valence-corrected chi connectivity index (χ0v) is 26.0. The van der Waals surface area contributed by atoms with E-state index in [0.717, 1.165) is 0 Å². The molecule has 0 aliphatic rings. The lowest BCUT2D eigenvalue weighted by Crippen LogP contribution is -2.28. The number of rotatable bonds is 25. The largest absolute Gasteiger partial charge is 0.394 e. The molecule has 0 unspecified atom stereocenters. The van der Waals surface area contributed by atoms with Crippen LogP contribution < -0.4 is 0 Å². The van der Waals surface area contributed by atoms with Gasteiger partial charge in [0, 0.05) is 0 Å². The summed E-state index contributed by atoms with van der Waals surface area (Å²) in [5, 5.41) is 28.8. The third kappa shape index (κ3) is 18.5. The van der Waals surface area contributed by atoms with Gasteiger partial charge in [0.2, 0.25) is 0 Å². The van der Waals surface area contributed by atoms with Crippen molar-refractivity contribution in [1.82, 2.24) is 5.39 Å². The van der Waals surface area contributed by atoms with E-state index >= 15 is 0 Å². The molecule has 0 spiro atoms. The normalized spacial score (nSPS) is 11.3. The van der Waals surface area contributed by atoms with Gasteiger partial charge < -0.3 is 15.3 Å². The van der Waals surface area contributed by atoms with Gasteiger partial charge in [0.05, 0.1) is 45.0 Å². The van der Waals surface area contributed by atoms with Crippen LogP contribution in [0.1, 0.15) is 115 Å². The minimum Gasteiger partial charge on any atom is -0.394 e. The van der Waals surface area contributed by atoms with Gasteiger partial charge >= 0.3 is 0 Å². The molecule has 0 aliphatic heterocycles. The molecule has 41 heavy (non-hydrogen) atoms. The van der Waals surface area contributed by atoms with E-state index in [1.54, 1.807) is 11.1 Å². The Morgan fingerprint density at radius 1 is 0.537 bits per heavy atom. The Labute approximate surface area is 249 Å². The summed E-state index contributed by atoms with van der Waals surface area (Å²) in [6.45, 7) is 4.09. The van der Waals surface area contributed by atoms with Crippen LogP contribution in [0.5, 0.6) is 0 Å². The van der Waals surface area contributed by atoms with E-state index in [1.807, 2.05) is 0 Å². The fraction of sp³-hybridized carbons (Fsp3) is 0.706. The molecule has 0 amide bonds. The van der Waals surface area contributed by atoms with E-state index in [-0.39, 0.29) is 39.6 Å². The molecule has 7 nitrogen and oxygen atoms in total. The minimum absolute atomic E-state index is 0.0108. The van der Waals surface area contributed by atoms with Crippen molar-refractivity contribution >= 4 is 10.8 Å².